The van der Waals surface area contributed by atoms with Crippen LogP contribution >= 0.6 is 15.9 Å². The molecule has 0 heterocycles. The van der Waals surface area contributed by atoms with Crippen molar-refractivity contribution < 1.29 is 19.4 Å². The predicted octanol–water partition coefficient (Wildman–Crippen LogP) is 1.09. The third-order valence-electron chi connectivity index (χ3n) is 2.47. The van der Waals surface area contributed by atoms with Gasteiger partial charge in [0.1, 0.15) is 6.54 Å². The van der Waals surface area contributed by atoms with E-state index < -0.39 is 11.9 Å². The Kier molecular flexibility index (Phi) is 5.78. The van der Waals surface area contributed by atoms with E-state index in [0.29, 0.717) is 23.3 Å². The number of methoxy groups -OCH3 is 1. The van der Waals surface area contributed by atoms with E-state index in [0.717, 1.165) is 0 Å². The number of carboxylic acids is 1. The number of aliphatic carboxylic acids is 1. The lowest BCUT2D eigenvalue weighted by Gasteiger charge is -2.24. The maximum absolute atomic E-state index is 11.5. The van der Waals surface area contributed by atoms with Crippen molar-refractivity contribution in [2.45, 2.75) is 0 Å². The van der Waals surface area contributed by atoms with Gasteiger partial charge in [-0.05, 0) is 28.1 Å². The monoisotopic (exact) mass is 330 g/mol. The quantitative estimate of drug-likeness (QED) is 0.780. The molecular formula is C12H15BrN2O4. The lowest BCUT2D eigenvalue weighted by atomic mass is 10.1. The highest BCUT2D eigenvalue weighted by atomic mass is 79.9. The van der Waals surface area contributed by atoms with Crippen molar-refractivity contribution in [1.82, 2.24) is 0 Å². The van der Waals surface area contributed by atoms with Gasteiger partial charge in [0.2, 0.25) is 0 Å². The molecule has 1 aromatic carbocycles. The zero-order chi connectivity index (χ0) is 14.4. The zero-order valence-corrected chi connectivity index (χ0v) is 12.0. The first-order chi connectivity index (χ1) is 8.97. The summed E-state index contributed by atoms with van der Waals surface area (Å²) in [6.07, 6.45) is 0. The van der Waals surface area contributed by atoms with Gasteiger partial charge in [-0.3, -0.25) is 9.59 Å². The molecule has 0 unspecified atom stereocenters. The Hall–Kier alpha value is -1.60. The molecule has 6 nitrogen and oxygen atoms in total. The molecule has 104 valence electrons. The SMILES string of the molecule is COCCN(CC(=O)O)c1cccc(Br)c1C(N)=O. The molecule has 0 saturated carbocycles. The lowest BCUT2D eigenvalue weighted by molar-refractivity contribution is -0.135. The summed E-state index contributed by atoms with van der Waals surface area (Å²) in [6, 6.07) is 5.05. The zero-order valence-electron chi connectivity index (χ0n) is 10.4. The van der Waals surface area contributed by atoms with Crippen molar-refractivity contribution in [3.63, 3.8) is 0 Å². The number of ether oxygens (including phenoxy) is 1. The molecule has 0 radical (unpaired) electrons. The van der Waals surface area contributed by atoms with Crippen molar-refractivity contribution in [2.75, 3.05) is 31.7 Å². The molecule has 19 heavy (non-hydrogen) atoms. The summed E-state index contributed by atoms with van der Waals surface area (Å²) < 4.78 is 5.48. The molecule has 0 aliphatic rings. The van der Waals surface area contributed by atoms with Gasteiger partial charge >= 0.3 is 5.97 Å². The molecule has 3 N–H and O–H groups in total. The van der Waals surface area contributed by atoms with Gasteiger partial charge in [-0.2, -0.15) is 0 Å². The number of carboxylic acid groups (broad SMARTS) is 1. The molecule has 1 rings (SSSR count). The van der Waals surface area contributed by atoms with Gasteiger partial charge in [0.25, 0.3) is 5.91 Å². The van der Waals surface area contributed by atoms with Crippen molar-refractivity contribution in [2.24, 2.45) is 5.73 Å². The largest absolute Gasteiger partial charge is 0.480 e. The van der Waals surface area contributed by atoms with Crippen molar-refractivity contribution >= 4 is 33.5 Å². The van der Waals surface area contributed by atoms with Gasteiger partial charge in [-0.15, -0.1) is 0 Å². The number of halogens is 1. The number of amides is 1. The van der Waals surface area contributed by atoms with E-state index in [-0.39, 0.29) is 12.1 Å². The summed E-state index contributed by atoms with van der Waals surface area (Å²) in [7, 11) is 1.52. The Labute approximate surface area is 119 Å². The van der Waals surface area contributed by atoms with Crippen LogP contribution in [0.5, 0.6) is 0 Å². The highest BCUT2D eigenvalue weighted by Gasteiger charge is 2.19. The van der Waals surface area contributed by atoms with Crippen LogP contribution in [0.3, 0.4) is 0 Å². The minimum Gasteiger partial charge on any atom is -0.480 e. The van der Waals surface area contributed by atoms with E-state index in [1.807, 2.05) is 0 Å². The first-order valence-electron chi connectivity index (χ1n) is 5.51. The van der Waals surface area contributed by atoms with Crippen molar-refractivity contribution in [3.05, 3.63) is 28.2 Å². The van der Waals surface area contributed by atoms with E-state index in [9.17, 15) is 9.59 Å². The second-order valence-corrected chi connectivity index (χ2v) is 4.66. The lowest BCUT2D eigenvalue weighted by Crippen LogP contribution is -2.34. The number of hydrogen-bond donors (Lipinski definition) is 2. The van der Waals surface area contributed by atoms with Crippen LogP contribution in [0, 0.1) is 0 Å². The Balaban J connectivity index is 3.16. The summed E-state index contributed by atoms with van der Waals surface area (Å²) >= 11 is 3.24. The number of carbonyl (C=O) groups is 2. The minimum absolute atomic E-state index is 0.236. The fourth-order valence-corrected chi connectivity index (χ4v) is 2.22. The first-order valence-corrected chi connectivity index (χ1v) is 6.30. The number of carbonyl (C=O) groups excluding carboxylic acids is 1. The second-order valence-electron chi connectivity index (χ2n) is 3.81. The summed E-state index contributed by atoms with van der Waals surface area (Å²) in [5.41, 5.74) is 6.08. The maximum atomic E-state index is 11.5. The average Bonchev–Trinajstić information content (AvgIpc) is 2.33. The van der Waals surface area contributed by atoms with Crippen LogP contribution in [0.4, 0.5) is 5.69 Å². The molecule has 0 bridgehead atoms. The van der Waals surface area contributed by atoms with Gasteiger partial charge in [0.05, 0.1) is 17.9 Å². The molecule has 1 aromatic rings. The topological polar surface area (TPSA) is 92.9 Å². The third kappa shape index (κ3) is 4.22. The van der Waals surface area contributed by atoms with Gasteiger partial charge in [-0.1, -0.05) is 6.07 Å². The van der Waals surface area contributed by atoms with Gasteiger partial charge in [0, 0.05) is 18.1 Å². The fourth-order valence-electron chi connectivity index (χ4n) is 1.67. The van der Waals surface area contributed by atoms with E-state index in [4.69, 9.17) is 15.6 Å². The number of benzene rings is 1. The summed E-state index contributed by atoms with van der Waals surface area (Å²) in [5, 5.41) is 8.93. The molecule has 1 amide bonds. The number of anilines is 1. The normalized spacial score (nSPS) is 10.2. The minimum atomic E-state index is -0.994. The van der Waals surface area contributed by atoms with Crippen LogP contribution in [0.25, 0.3) is 0 Å². The highest BCUT2D eigenvalue weighted by molar-refractivity contribution is 9.10. The van der Waals surface area contributed by atoms with Crippen LogP contribution in [-0.2, 0) is 9.53 Å². The average molecular weight is 331 g/mol. The molecule has 0 saturated heterocycles. The number of rotatable bonds is 7. The maximum Gasteiger partial charge on any atom is 0.323 e. The van der Waals surface area contributed by atoms with Crippen LogP contribution in [-0.4, -0.2) is 43.8 Å². The van der Waals surface area contributed by atoms with Crippen LogP contribution in [0.1, 0.15) is 10.4 Å². The van der Waals surface area contributed by atoms with Crippen molar-refractivity contribution in [1.29, 1.82) is 0 Å². The number of nitrogens with zero attached hydrogens (tertiary/aromatic N) is 1. The first kappa shape index (κ1) is 15.5. The van der Waals surface area contributed by atoms with Crippen molar-refractivity contribution in [3.8, 4) is 0 Å². The highest BCUT2D eigenvalue weighted by Crippen LogP contribution is 2.27. The van der Waals surface area contributed by atoms with E-state index >= 15 is 0 Å². The number of hydrogen-bond acceptors (Lipinski definition) is 4. The Morgan fingerprint density at radius 1 is 1.47 bits per heavy atom. The van der Waals surface area contributed by atoms with Crippen LogP contribution in [0.2, 0.25) is 0 Å². The van der Waals surface area contributed by atoms with E-state index in [2.05, 4.69) is 15.9 Å². The second kappa shape index (κ2) is 7.10. The standard InChI is InChI=1S/C12H15BrN2O4/c1-19-6-5-15(7-10(16)17)9-4-2-3-8(13)11(9)12(14)18/h2-4H,5-7H2,1H3,(H2,14,18)(H,16,17). The molecule has 0 fully saturated rings. The van der Waals surface area contributed by atoms with Crippen LogP contribution in [0.15, 0.2) is 22.7 Å². The summed E-state index contributed by atoms with van der Waals surface area (Å²) in [5.74, 6) is -1.61. The van der Waals surface area contributed by atoms with E-state index in [1.165, 1.54) is 12.0 Å². The Morgan fingerprint density at radius 2 is 2.16 bits per heavy atom. The van der Waals surface area contributed by atoms with E-state index in [1.54, 1.807) is 18.2 Å². The van der Waals surface area contributed by atoms with Gasteiger partial charge in [-0.25, -0.2) is 0 Å². The predicted molar refractivity (Wildman–Crippen MR) is 74.4 cm³/mol. The number of primary amides is 1. The summed E-state index contributed by atoms with van der Waals surface area (Å²) in [4.78, 5) is 23.9. The smallest absolute Gasteiger partial charge is 0.323 e. The molecule has 0 atom stereocenters. The Morgan fingerprint density at radius 3 is 2.68 bits per heavy atom. The van der Waals surface area contributed by atoms with Gasteiger partial charge < -0.3 is 20.5 Å². The van der Waals surface area contributed by atoms with Gasteiger partial charge in [0.15, 0.2) is 0 Å². The fraction of sp³-hybridized carbons (Fsp3) is 0.333. The molecule has 0 aliphatic heterocycles. The number of nitrogens with two attached hydrogens (primary N) is 1. The molecule has 7 heteroatoms. The summed E-state index contributed by atoms with van der Waals surface area (Å²) in [6.45, 7) is 0.456. The molecule has 0 spiro atoms. The molecular weight excluding hydrogens is 316 g/mol. The molecule has 0 aromatic heterocycles. The molecule has 0 aliphatic carbocycles. The Bertz CT molecular complexity index is 479. The third-order valence-corrected chi connectivity index (χ3v) is 3.13. The van der Waals surface area contributed by atoms with Crippen LogP contribution < -0.4 is 10.6 Å².